The predicted molar refractivity (Wildman–Crippen MR) is 66.3 cm³/mol. The quantitative estimate of drug-likeness (QED) is 0.752. The Morgan fingerprint density at radius 1 is 1.31 bits per heavy atom. The molecule has 0 fully saturated rings. The number of hydrogen-bond donors (Lipinski definition) is 0. The van der Waals surface area contributed by atoms with Gasteiger partial charge in [0, 0.05) is 10.4 Å². The van der Waals surface area contributed by atoms with Crippen LogP contribution in [-0.2, 0) is 0 Å². The highest BCUT2D eigenvalue weighted by Gasteiger charge is 2.11. The minimum absolute atomic E-state index is 0.559. The van der Waals surface area contributed by atoms with Crippen LogP contribution in [0.15, 0.2) is 35.7 Å². The van der Waals surface area contributed by atoms with E-state index in [9.17, 15) is 4.79 Å². The van der Waals surface area contributed by atoms with Crippen LogP contribution in [0.5, 0.6) is 5.75 Å². The van der Waals surface area contributed by atoms with E-state index in [1.807, 2.05) is 36.6 Å². The Kier molecular flexibility index (Phi) is 3.37. The van der Waals surface area contributed by atoms with E-state index in [0.29, 0.717) is 17.9 Å². The van der Waals surface area contributed by atoms with Crippen LogP contribution in [0, 0.1) is 0 Å². The number of benzene rings is 1. The van der Waals surface area contributed by atoms with Crippen molar-refractivity contribution in [3.63, 3.8) is 0 Å². The second kappa shape index (κ2) is 4.94. The first kappa shape index (κ1) is 10.9. The van der Waals surface area contributed by atoms with Gasteiger partial charge in [-0.3, -0.25) is 4.79 Å². The van der Waals surface area contributed by atoms with Gasteiger partial charge in [-0.15, -0.1) is 11.3 Å². The molecule has 1 aromatic heterocycles. The Morgan fingerprint density at radius 3 is 2.81 bits per heavy atom. The summed E-state index contributed by atoms with van der Waals surface area (Å²) in [7, 11) is 0. The number of thiophene rings is 1. The smallest absolute Gasteiger partial charge is 0.153 e. The molecule has 0 saturated heterocycles. The van der Waals surface area contributed by atoms with E-state index < -0.39 is 0 Å². The van der Waals surface area contributed by atoms with Gasteiger partial charge in [0.15, 0.2) is 6.29 Å². The number of hydrogen-bond acceptors (Lipinski definition) is 3. The Labute approximate surface area is 98.5 Å². The van der Waals surface area contributed by atoms with E-state index in [-0.39, 0.29) is 0 Å². The number of aldehydes is 1. The lowest BCUT2D eigenvalue weighted by molar-refractivity contribution is 0.112. The highest BCUT2D eigenvalue weighted by atomic mass is 32.1. The molecule has 2 aromatic rings. The van der Waals surface area contributed by atoms with E-state index in [2.05, 4.69) is 0 Å². The fourth-order valence-electron chi connectivity index (χ4n) is 1.58. The van der Waals surface area contributed by atoms with E-state index in [1.54, 1.807) is 17.4 Å². The molecule has 0 bridgehead atoms. The number of carbonyl (C=O) groups is 1. The fraction of sp³-hybridized carbons (Fsp3) is 0.154. The highest BCUT2D eigenvalue weighted by molar-refractivity contribution is 7.13. The third-order valence-electron chi connectivity index (χ3n) is 2.25. The van der Waals surface area contributed by atoms with Gasteiger partial charge in [0.1, 0.15) is 5.75 Å². The van der Waals surface area contributed by atoms with Crippen LogP contribution in [0.3, 0.4) is 0 Å². The van der Waals surface area contributed by atoms with Gasteiger partial charge in [-0.05, 0) is 30.5 Å². The van der Waals surface area contributed by atoms with Crippen molar-refractivity contribution < 1.29 is 9.53 Å². The minimum atomic E-state index is 0.559. The summed E-state index contributed by atoms with van der Waals surface area (Å²) in [6.45, 7) is 2.48. The Hall–Kier alpha value is -1.61. The van der Waals surface area contributed by atoms with Gasteiger partial charge >= 0.3 is 0 Å². The van der Waals surface area contributed by atoms with E-state index in [4.69, 9.17) is 4.74 Å². The van der Waals surface area contributed by atoms with Crippen molar-refractivity contribution in [1.29, 1.82) is 0 Å². The van der Waals surface area contributed by atoms with Gasteiger partial charge in [0.2, 0.25) is 0 Å². The van der Waals surface area contributed by atoms with Crippen LogP contribution in [0.25, 0.3) is 10.4 Å². The van der Waals surface area contributed by atoms with Gasteiger partial charge in [0.25, 0.3) is 0 Å². The van der Waals surface area contributed by atoms with Crippen molar-refractivity contribution in [3.05, 3.63) is 41.3 Å². The van der Waals surface area contributed by atoms with Crippen LogP contribution in [0.2, 0.25) is 0 Å². The largest absolute Gasteiger partial charge is 0.492 e. The van der Waals surface area contributed by atoms with Crippen LogP contribution >= 0.6 is 11.3 Å². The highest BCUT2D eigenvalue weighted by Crippen LogP contribution is 2.35. The average Bonchev–Trinajstić information content (AvgIpc) is 2.83. The second-order valence-corrected chi connectivity index (χ2v) is 4.20. The first-order valence-corrected chi connectivity index (χ1v) is 5.99. The summed E-state index contributed by atoms with van der Waals surface area (Å²) >= 11 is 1.64. The molecule has 0 radical (unpaired) electrons. The van der Waals surface area contributed by atoms with Gasteiger partial charge in [-0.2, -0.15) is 0 Å². The molecule has 0 N–H and O–H groups in total. The van der Waals surface area contributed by atoms with E-state index in [1.165, 1.54) is 0 Å². The van der Waals surface area contributed by atoms with Gasteiger partial charge in [-0.1, -0.05) is 12.1 Å². The first-order valence-electron chi connectivity index (χ1n) is 5.11. The van der Waals surface area contributed by atoms with Crippen LogP contribution in [0.1, 0.15) is 17.3 Å². The van der Waals surface area contributed by atoms with E-state index in [0.717, 1.165) is 16.7 Å². The van der Waals surface area contributed by atoms with Gasteiger partial charge in [-0.25, -0.2) is 0 Å². The van der Waals surface area contributed by atoms with Crippen molar-refractivity contribution in [2.24, 2.45) is 0 Å². The lowest BCUT2D eigenvalue weighted by atomic mass is 10.1. The molecule has 0 aliphatic rings. The molecule has 16 heavy (non-hydrogen) atoms. The minimum Gasteiger partial charge on any atom is -0.492 e. The lowest BCUT2D eigenvalue weighted by Crippen LogP contribution is -1.97. The van der Waals surface area contributed by atoms with Crippen molar-refractivity contribution in [3.8, 4) is 16.2 Å². The molecule has 0 aliphatic carbocycles. The third-order valence-corrected chi connectivity index (χ3v) is 3.15. The molecular weight excluding hydrogens is 220 g/mol. The van der Waals surface area contributed by atoms with Crippen molar-refractivity contribution in [1.82, 2.24) is 0 Å². The van der Waals surface area contributed by atoms with Crippen LogP contribution in [-0.4, -0.2) is 12.9 Å². The number of para-hydroxylation sites is 1. The summed E-state index contributed by atoms with van der Waals surface area (Å²) in [4.78, 5) is 12.1. The van der Waals surface area contributed by atoms with Crippen molar-refractivity contribution >= 4 is 17.6 Å². The van der Waals surface area contributed by atoms with Gasteiger partial charge < -0.3 is 4.74 Å². The maximum absolute atomic E-state index is 10.9. The maximum atomic E-state index is 10.9. The Bertz CT molecular complexity index is 475. The predicted octanol–water partition coefficient (Wildman–Crippen LogP) is 3.63. The van der Waals surface area contributed by atoms with Crippen LogP contribution in [0.4, 0.5) is 0 Å². The standard InChI is InChI=1S/C13H12O2S/c1-2-15-13-10(9-14)5-3-6-11(13)12-7-4-8-16-12/h3-9H,2H2,1H3. The first-order chi connectivity index (χ1) is 7.86. The summed E-state index contributed by atoms with van der Waals surface area (Å²) in [6, 6.07) is 9.64. The lowest BCUT2D eigenvalue weighted by Gasteiger charge is -2.10. The summed E-state index contributed by atoms with van der Waals surface area (Å²) in [6.07, 6.45) is 0.835. The number of carbonyl (C=O) groups excluding carboxylic acids is 1. The Balaban J connectivity index is 2.55. The molecule has 0 atom stereocenters. The molecule has 1 aromatic carbocycles. The number of ether oxygens (including phenoxy) is 1. The summed E-state index contributed by atoms with van der Waals surface area (Å²) in [5.41, 5.74) is 1.59. The zero-order valence-electron chi connectivity index (χ0n) is 8.97. The molecular formula is C13H12O2S. The third kappa shape index (κ3) is 1.99. The molecule has 2 nitrogen and oxygen atoms in total. The van der Waals surface area contributed by atoms with Crippen molar-refractivity contribution in [2.75, 3.05) is 6.61 Å². The molecule has 0 aliphatic heterocycles. The zero-order chi connectivity index (χ0) is 11.4. The molecule has 0 saturated carbocycles. The summed E-state index contributed by atoms with van der Waals surface area (Å²) in [5.74, 6) is 0.683. The van der Waals surface area contributed by atoms with E-state index >= 15 is 0 Å². The normalized spacial score (nSPS) is 10.1. The molecule has 1 heterocycles. The topological polar surface area (TPSA) is 26.3 Å². The molecule has 0 amide bonds. The fourth-order valence-corrected chi connectivity index (χ4v) is 2.33. The van der Waals surface area contributed by atoms with Gasteiger partial charge in [0.05, 0.1) is 12.2 Å². The molecule has 0 spiro atoms. The summed E-state index contributed by atoms with van der Waals surface area (Å²) < 4.78 is 5.56. The maximum Gasteiger partial charge on any atom is 0.153 e. The SMILES string of the molecule is CCOc1c(C=O)cccc1-c1cccs1. The molecule has 2 rings (SSSR count). The van der Waals surface area contributed by atoms with Crippen molar-refractivity contribution in [2.45, 2.75) is 6.92 Å². The summed E-state index contributed by atoms with van der Waals surface area (Å²) in [5, 5.41) is 2.01. The zero-order valence-corrected chi connectivity index (χ0v) is 9.79. The Morgan fingerprint density at radius 2 is 2.19 bits per heavy atom. The molecule has 82 valence electrons. The number of rotatable bonds is 4. The molecule has 3 heteroatoms. The molecule has 0 unspecified atom stereocenters. The monoisotopic (exact) mass is 232 g/mol. The second-order valence-electron chi connectivity index (χ2n) is 3.25. The average molecular weight is 232 g/mol. The van der Waals surface area contributed by atoms with Crippen LogP contribution < -0.4 is 4.74 Å².